The molecule has 75 heavy (non-hydrogen) atoms. The van der Waals surface area contributed by atoms with Crippen molar-refractivity contribution in [2.45, 2.75) is 274 Å². The van der Waals surface area contributed by atoms with E-state index < -0.39 is 80.7 Å². The van der Waals surface area contributed by atoms with E-state index in [0.717, 1.165) is 89.9 Å². The molecule has 2 rings (SSSR count). The van der Waals surface area contributed by atoms with Gasteiger partial charge in [-0.3, -0.25) is 4.79 Å². The molecule has 2 aliphatic heterocycles. The molecule has 2 heterocycles. The van der Waals surface area contributed by atoms with Crippen LogP contribution in [0.5, 0.6) is 0 Å². The van der Waals surface area contributed by atoms with E-state index in [4.69, 9.17) is 28.4 Å². The average Bonchev–Trinajstić information content (AvgIpc) is 3.41. The number of rotatable bonds is 47. The van der Waals surface area contributed by atoms with E-state index in [0.29, 0.717) is 13.0 Å². The minimum absolute atomic E-state index is 0.0504. The SMILES string of the molecule is CC/C=C\C/C=C\C/C=C\CCCCCCCCCC(=O)OC(COCCCCCCCCCCC/C=C\C/C=C\C/C=C\CCCCCCC)COC1OC(COC2OC(CO)C(O)C(O)C2O)C(O)C(O)C1O. The van der Waals surface area contributed by atoms with E-state index in [9.17, 15) is 40.5 Å². The van der Waals surface area contributed by atoms with Crippen LogP contribution in [0.2, 0.25) is 0 Å². The Morgan fingerprint density at radius 3 is 1.36 bits per heavy atom. The summed E-state index contributed by atoms with van der Waals surface area (Å²) < 4.78 is 34.4. The highest BCUT2D eigenvalue weighted by Crippen LogP contribution is 2.26. The van der Waals surface area contributed by atoms with Crippen molar-refractivity contribution in [1.29, 1.82) is 0 Å². The van der Waals surface area contributed by atoms with E-state index in [1.807, 2.05) is 0 Å². The van der Waals surface area contributed by atoms with Crippen molar-refractivity contribution in [2.75, 3.05) is 33.0 Å². The molecule has 0 aromatic rings. The van der Waals surface area contributed by atoms with Crippen LogP contribution in [0.4, 0.5) is 0 Å². The van der Waals surface area contributed by atoms with E-state index in [-0.39, 0.29) is 25.6 Å². The molecule has 0 aromatic heterocycles. The third kappa shape index (κ3) is 34.1. The summed E-state index contributed by atoms with van der Waals surface area (Å²) in [4.78, 5) is 13.1. The maximum Gasteiger partial charge on any atom is 0.306 e. The van der Waals surface area contributed by atoms with Gasteiger partial charge in [-0.25, -0.2) is 0 Å². The molecule has 2 aliphatic rings. The first-order valence-corrected chi connectivity index (χ1v) is 29.5. The monoisotopic (exact) mass is 1060 g/mol. The molecule has 7 N–H and O–H groups in total. The number of hydrogen-bond acceptors (Lipinski definition) is 14. The summed E-state index contributed by atoms with van der Waals surface area (Å²) in [5.74, 6) is -0.389. The number of allylic oxidation sites excluding steroid dienone is 12. The van der Waals surface area contributed by atoms with Crippen molar-refractivity contribution in [1.82, 2.24) is 0 Å². The lowest BCUT2D eigenvalue weighted by molar-refractivity contribution is -0.332. The molecule has 0 aliphatic carbocycles. The minimum atomic E-state index is -1.71. The summed E-state index contributed by atoms with van der Waals surface area (Å²) in [6.07, 6.45) is 43.9. The van der Waals surface area contributed by atoms with Gasteiger partial charge in [0.1, 0.15) is 54.9 Å². The first kappa shape index (κ1) is 68.5. The molecule has 0 radical (unpaired) electrons. The molecule has 11 unspecified atom stereocenters. The van der Waals surface area contributed by atoms with Crippen LogP contribution in [0, 0.1) is 0 Å². The molecule has 0 saturated carbocycles. The van der Waals surface area contributed by atoms with Crippen molar-refractivity contribution in [3.8, 4) is 0 Å². The van der Waals surface area contributed by atoms with E-state index in [2.05, 4.69) is 86.8 Å². The topological polar surface area (TPSA) is 214 Å². The Morgan fingerprint density at radius 2 is 0.867 bits per heavy atom. The smallest absolute Gasteiger partial charge is 0.306 e. The number of ether oxygens (including phenoxy) is 6. The van der Waals surface area contributed by atoms with Crippen molar-refractivity contribution in [3.63, 3.8) is 0 Å². The number of aliphatic hydroxyl groups is 7. The lowest BCUT2D eigenvalue weighted by Crippen LogP contribution is -2.61. The van der Waals surface area contributed by atoms with Gasteiger partial charge in [0.25, 0.3) is 0 Å². The van der Waals surface area contributed by atoms with Gasteiger partial charge >= 0.3 is 5.97 Å². The van der Waals surface area contributed by atoms with Crippen LogP contribution in [-0.4, -0.2) is 142 Å². The predicted octanol–water partition coefficient (Wildman–Crippen LogP) is 10.6. The second-order valence-electron chi connectivity index (χ2n) is 20.4. The zero-order chi connectivity index (χ0) is 54.4. The zero-order valence-corrected chi connectivity index (χ0v) is 46.5. The number of unbranched alkanes of at least 4 members (excludes halogenated alkanes) is 21. The number of carbonyl (C=O) groups is 1. The molecule has 0 aromatic carbocycles. The van der Waals surface area contributed by atoms with Crippen molar-refractivity contribution in [3.05, 3.63) is 72.9 Å². The summed E-state index contributed by atoms with van der Waals surface area (Å²) in [5, 5.41) is 72.4. The van der Waals surface area contributed by atoms with Gasteiger partial charge in [0.15, 0.2) is 12.6 Å². The number of aliphatic hydroxyl groups excluding tert-OH is 7. The fourth-order valence-electron chi connectivity index (χ4n) is 8.95. The highest BCUT2D eigenvalue weighted by molar-refractivity contribution is 5.69. The summed E-state index contributed by atoms with van der Waals surface area (Å²) in [5.41, 5.74) is 0. The molecule has 0 bridgehead atoms. The molecule has 11 atom stereocenters. The molecule has 14 heteroatoms. The van der Waals surface area contributed by atoms with Gasteiger partial charge in [-0.05, 0) is 83.5 Å². The van der Waals surface area contributed by atoms with Gasteiger partial charge in [-0.2, -0.15) is 0 Å². The second-order valence-corrected chi connectivity index (χ2v) is 20.4. The quantitative estimate of drug-likeness (QED) is 0.0172. The fourth-order valence-corrected chi connectivity index (χ4v) is 8.95. The van der Waals surface area contributed by atoms with Crippen LogP contribution in [0.3, 0.4) is 0 Å². The first-order chi connectivity index (χ1) is 36.6. The molecule has 0 spiro atoms. The second kappa shape index (κ2) is 47.4. The highest BCUT2D eigenvalue weighted by Gasteiger charge is 2.47. The normalized spacial score (nSPS) is 25.1. The van der Waals surface area contributed by atoms with Crippen LogP contribution in [0.15, 0.2) is 72.9 Å². The highest BCUT2D eigenvalue weighted by atomic mass is 16.7. The summed E-state index contributed by atoms with van der Waals surface area (Å²) in [6, 6.07) is 0. The van der Waals surface area contributed by atoms with Crippen LogP contribution in [0.1, 0.15) is 206 Å². The third-order valence-corrected chi connectivity index (χ3v) is 13.7. The Hall–Kier alpha value is -2.57. The van der Waals surface area contributed by atoms with E-state index in [1.54, 1.807) is 0 Å². The van der Waals surface area contributed by atoms with Crippen LogP contribution in [-0.2, 0) is 33.2 Å². The van der Waals surface area contributed by atoms with Gasteiger partial charge in [0.2, 0.25) is 0 Å². The van der Waals surface area contributed by atoms with Crippen molar-refractivity contribution < 1.29 is 69.0 Å². The van der Waals surface area contributed by atoms with E-state index in [1.165, 1.54) is 89.9 Å². The Bertz CT molecular complexity index is 1510. The van der Waals surface area contributed by atoms with Crippen LogP contribution >= 0.6 is 0 Å². The van der Waals surface area contributed by atoms with Gasteiger partial charge < -0.3 is 64.2 Å². The van der Waals surface area contributed by atoms with Crippen LogP contribution in [0.25, 0.3) is 0 Å². The van der Waals surface area contributed by atoms with Crippen molar-refractivity contribution >= 4 is 5.97 Å². The Balaban J connectivity index is 1.71. The number of esters is 1. The van der Waals surface area contributed by atoms with Gasteiger partial charge in [0.05, 0.1) is 26.4 Å². The summed E-state index contributed by atoms with van der Waals surface area (Å²) in [7, 11) is 0. The van der Waals surface area contributed by atoms with Crippen LogP contribution < -0.4 is 0 Å². The Morgan fingerprint density at radius 1 is 0.453 bits per heavy atom. The summed E-state index contributed by atoms with van der Waals surface area (Å²) in [6.45, 7) is 3.54. The molecular formula is C61H106O14. The molecule has 14 nitrogen and oxygen atoms in total. The van der Waals surface area contributed by atoms with E-state index >= 15 is 0 Å². The zero-order valence-electron chi connectivity index (χ0n) is 46.5. The molecular weight excluding hydrogens is 957 g/mol. The lowest BCUT2D eigenvalue weighted by atomic mass is 9.98. The molecule has 2 saturated heterocycles. The largest absolute Gasteiger partial charge is 0.457 e. The molecule has 434 valence electrons. The minimum Gasteiger partial charge on any atom is -0.457 e. The Kier molecular flexibility index (Phi) is 43.3. The van der Waals surface area contributed by atoms with Gasteiger partial charge in [0, 0.05) is 13.0 Å². The average molecular weight is 1060 g/mol. The standard InChI is InChI=1S/C61H106O14/c1-3-5-7-9-11-13-15-17-19-21-22-23-24-25-26-27-29-31-33-35-37-39-41-43-45-70-47-50(73-53(63)44-42-40-38-36-34-32-30-28-20-18-16-14-12-10-8-6-4-2)48-71-60-59(69)57(67)55(65)52(75-60)49-72-61-58(68)56(66)54(64)51(46-62)74-61/h6,8,12,14-15,17-18,20-22,24-25,50-52,54-62,64-69H,3-5,7,9-11,13,16,19,23,26-49H2,1-2H3/b8-6-,14-12-,17-15-,20-18-,22-21-,25-24-. The number of carbonyl (C=O) groups excluding carboxylic acids is 1. The maximum absolute atomic E-state index is 13.1. The summed E-state index contributed by atoms with van der Waals surface area (Å²) >= 11 is 0. The van der Waals surface area contributed by atoms with Gasteiger partial charge in [-0.15, -0.1) is 0 Å². The predicted molar refractivity (Wildman–Crippen MR) is 298 cm³/mol. The maximum atomic E-state index is 13.1. The van der Waals surface area contributed by atoms with Crippen molar-refractivity contribution in [2.24, 2.45) is 0 Å². The first-order valence-electron chi connectivity index (χ1n) is 29.5. The third-order valence-electron chi connectivity index (χ3n) is 13.7. The van der Waals surface area contributed by atoms with Gasteiger partial charge in [-0.1, -0.05) is 189 Å². The molecule has 2 fully saturated rings. The fraction of sp³-hybridized carbons (Fsp3) is 0.787. The number of hydrogen-bond donors (Lipinski definition) is 7. The Labute approximate surface area is 453 Å². The molecule has 0 amide bonds. The lowest BCUT2D eigenvalue weighted by Gasteiger charge is -2.42.